The van der Waals surface area contributed by atoms with E-state index in [0.717, 1.165) is 0 Å². The van der Waals surface area contributed by atoms with Crippen LogP contribution in [-0.2, 0) is 4.74 Å². The Hall–Kier alpha value is -0.730. The predicted octanol–water partition coefficient (Wildman–Crippen LogP) is 1.68. The zero-order chi connectivity index (χ0) is 8.60. The van der Waals surface area contributed by atoms with E-state index in [2.05, 4.69) is 10.1 Å². The number of carbonyl (C=O) groups is 1. The Morgan fingerprint density at radius 2 is 2.17 bits per heavy atom. The van der Waals surface area contributed by atoms with Gasteiger partial charge < -0.3 is 10.1 Å². The van der Waals surface area contributed by atoms with E-state index < -0.39 is 0 Å². The first-order valence-corrected chi connectivity index (χ1v) is 4.61. The Kier molecular flexibility index (Phi) is 1.74. The maximum absolute atomic E-state index is 10.9. The molecule has 2 rings (SSSR count). The van der Waals surface area contributed by atoms with Crippen LogP contribution in [0.3, 0.4) is 0 Å². The lowest BCUT2D eigenvalue weighted by Crippen LogP contribution is -2.28. The van der Waals surface area contributed by atoms with Crippen molar-refractivity contribution in [2.75, 3.05) is 7.11 Å². The second-order valence-corrected chi connectivity index (χ2v) is 3.96. The van der Waals surface area contributed by atoms with E-state index in [1.807, 2.05) is 0 Å². The fourth-order valence-electron chi connectivity index (χ4n) is 2.38. The van der Waals surface area contributed by atoms with Crippen LogP contribution in [-0.4, -0.2) is 19.2 Å². The molecule has 1 unspecified atom stereocenters. The molecule has 0 aliphatic heterocycles. The number of nitrogens with one attached hydrogen (secondary N) is 1. The molecule has 0 saturated heterocycles. The van der Waals surface area contributed by atoms with E-state index in [1.165, 1.54) is 39.2 Å². The van der Waals surface area contributed by atoms with Crippen LogP contribution >= 0.6 is 0 Å². The van der Waals surface area contributed by atoms with Crippen molar-refractivity contribution in [1.82, 2.24) is 5.32 Å². The summed E-state index contributed by atoms with van der Waals surface area (Å²) in [5, 5.41) is 2.88. The summed E-state index contributed by atoms with van der Waals surface area (Å²) < 4.78 is 4.55. The van der Waals surface area contributed by atoms with Gasteiger partial charge >= 0.3 is 6.09 Å². The first-order chi connectivity index (χ1) is 5.77. The van der Waals surface area contributed by atoms with Crippen molar-refractivity contribution in [3.05, 3.63) is 0 Å². The van der Waals surface area contributed by atoms with Gasteiger partial charge in [-0.05, 0) is 24.7 Å². The molecule has 1 N–H and O–H groups in total. The molecule has 0 aromatic heterocycles. The van der Waals surface area contributed by atoms with Gasteiger partial charge in [0.2, 0.25) is 0 Å². The summed E-state index contributed by atoms with van der Waals surface area (Å²) in [5.74, 6) is 0. The van der Waals surface area contributed by atoms with Crippen LogP contribution in [0.2, 0.25) is 0 Å². The summed E-state index contributed by atoms with van der Waals surface area (Å²) >= 11 is 0. The third kappa shape index (κ3) is 1.17. The average Bonchev–Trinajstić information content (AvgIpc) is 2.51. The largest absolute Gasteiger partial charge is 0.453 e. The highest BCUT2D eigenvalue weighted by Gasteiger charge is 2.55. The van der Waals surface area contributed by atoms with Crippen LogP contribution in [0.1, 0.15) is 32.1 Å². The quantitative estimate of drug-likeness (QED) is 0.648. The van der Waals surface area contributed by atoms with E-state index in [-0.39, 0.29) is 6.09 Å². The van der Waals surface area contributed by atoms with Crippen molar-refractivity contribution in [1.29, 1.82) is 0 Å². The number of alkyl carbamates (subject to hydrolysis) is 1. The Morgan fingerprint density at radius 1 is 1.50 bits per heavy atom. The van der Waals surface area contributed by atoms with E-state index in [1.54, 1.807) is 0 Å². The molecule has 0 aromatic rings. The van der Waals surface area contributed by atoms with Gasteiger partial charge in [-0.15, -0.1) is 0 Å². The molecule has 12 heavy (non-hydrogen) atoms. The molecule has 2 fully saturated rings. The van der Waals surface area contributed by atoms with E-state index >= 15 is 0 Å². The number of amides is 1. The SMILES string of the molecule is COC(=O)NC1CC12CCCC2. The minimum atomic E-state index is -0.274. The Morgan fingerprint density at radius 3 is 2.75 bits per heavy atom. The summed E-state index contributed by atoms with van der Waals surface area (Å²) in [6.45, 7) is 0. The smallest absolute Gasteiger partial charge is 0.407 e. The molecule has 0 radical (unpaired) electrons. The summed E-state index contributed by atoms with van der Waals surface area (Å²) in [5.41, 5.74) is 0.480. The lowest BCUT2D eigenvalue weighted by molar-refractivity contribution is 0.168. The summed E-state index contributed by atoms with van der Waals surface area (Å²) in [6, 6.07) is 0.410. The first-order valence-electron chi connectivity index (χ1n) is 4.61. The van der Waals surface area contributed by atoms with Crippen molar-refractivity contribution < 1.29 is 9.53 Å². The lowest BCUT2D eigenvalue weighted by Gasteiger charge is -2.08. The van der Waals surface area contributed by atoms with Crippen molar-refractivity contribution >= 4 is 6.09 Å². The lowest BCUT2D eigenvalue weighted by atomic mass is 10.1. The molecule has 0 bridgehead atoms. The number of ether oxygens (including phenoxy) is 1. The highest BCUT2D eigenvalue weighted by molar-refractivity contribution is 5.68. The topological polar surface area (TPSA) is 38.3 Å². The van der Waals surface area contributed by atoms with Crippen LogP contribution in [0, 0.1) is 5.41 Å². The maximum Gasteiger partial charge on any atom is 0.407 e. The number of carbonyl (C=O) groups excluding carboxylic acids is 1. The summed E-state index contributed by atoms with van der Waals surface area (Å²) in [7, 11) is 1.42. The van der Waals surface area contributed by atoms with Gasteiger partial charge in [0, 0.05) is 6.04 Å². The van der Waals surface area contributed by atoms with Gasteiger partial charge in [-0.3, -0.25) is 0 Å². The van der Waals surface area contributed by atoms with Crippen LogP contribution in [0.5, 0.6) is 0 Å². The van der Waals surface area contributed by atoms with Gasteiger partial charge in [0.1, 0.15) is 0 Å². The average molecular weight is 169 g/mol. The molecule has 0 aromatic carbocycles. The Labute approximate surface area is 72.5 Å². The third-order valence-electron chi connectivity index (χ3n) is 3.27. The zero-order valence-electron chi connectivity index (χ0n) is 7.43. The molecular weight excluding hydrogens is 154 g/mol. The van der Waals surface area contributed by atoms with Crippen LogP contribution in [0.15, 0.2) is 0 Å². The molecule has 0 heterocycles. The summed E-state index contributed by atoms with van der Waals surface area (Å²) in [4.78, 5) is 10.9. The molecule has 3 nitrogen and oxygen atoms in total. The van der Waals surface area contributed by atoms with Crippen molar-refractivity contribution in [3.63, 3.8) is 0 Å². The second kappa shape index (κ2) is 2.64. The van der Waals surface area contributed by atoms with Crippen molar-refractivity contribution in [3.8, 4) is 0 Å². The maximum atomic E-state index is 10.9. The van der Waals surface area contributed by atoms with Gasteiger partial charge in [0.25, 0.3) is 0 Å². The molecular formula is C9H15NO2. The predicted molar refractivity (Wildman–Crippen MR) is 44.8 cm³/mol. The number of hydrogen-bond acceptors (Lipinski definition) is 2. The Bertz CT molecular complexity index is 197. The molecule has 1 atom stereocenters. The molecule has 2 aliphatic rings. The molecule has 2 aliphatic carbocycles. The van der Waals surface area contributed by atoms with Gasteiger partial charge in [-0.1, -0.05) is 12.8 Å². The van der Waals surface area contributed by atoms with E-state index in [9.17, 15) is 4.79 Å². The molecule has 3 heteroatoms. The highest BCUT2D eigenvalue weighted by atomic mass is 16.5. The highest BCUT2D eigenvalue weighted by Crippen LogP contribution is 2.57. The van der Waals surface area contributed by atoms with Crippen LogP contribution in [0.25, 0.3) is 0 Å². The first kappa shape index (κ1) is 7.90. The summed E-state index contributed by atoms with van der Waals surface area (Å²) in [6.07, 6.45) is 6.15. The van der Waals surface area contributed by atoms with Crippen LogP contribution in [0.4, 0.5) is 4.79 Å². The molecule has 1 spiro atoms. The van der Waals surface area contributed by atoms with E-state index in [4.69, 9.17) is 0 Å². The number of rotatable bonds is 1. The standard InChI is InChI=1S/C9H15NO2/c1-12-8(11)10-7-6-9(7)4-2-3-5-9/h7H,2-6H2,1H3,(H,10,11). The fourth-order valence-corrected chi connectivity index (χ4v) is 2.38. The monoisotopic (exact) mass is 169 g/mol. The third-order valence-corrected chi connectivity index (χ3v) is 3.27. The van der Waals surface area contributed by atoms with Crippen molar-refractivity contribution in [2.45, 2.75) is 38.1 Å². The number of hydrogen-bond donors (Lipinski definition) is 1. The Balaban J connectivity index is 1.83. The van der Waals surface area contributed by atoms with Gasteiger partial charge in [0.05, 0.1) is 7.11 Å². The molecule has 68 valence electrons. The van der Waals surface area contributed by atoms with E-state index in [0.29, 0.717) is 11.5 Å². The van der Waals surface area contributed by atoms with Crippen molar-refractivity contribution in [2.24, 2.45) is 5.41 Å². The van der Waals surface area contributed by atoms with Gasteiger partial charge in [-0.2, -0.15) is 0 Å². The van der Waals surface area contributed by atoms with Crippen LogP contribution < -0.4 is 5.32 Å². The minimum Gasteiger partial charge on any atom is -0.453 e. The molecule has 2 saturated carbocycles. The fraction of sp³-hybridized carbons (Fsp3) is 0.889. The number of methoxy groups -OCH3 is 1. The second-order valence-electron chi connectivity index (χ2n) is 3.96. The normalized spacial score (nSPS) is 30.2. The van der Waals surface area contributed by atoms with Gasteiger partial charge in [-0.25, -0.2) is 4.79 Å². The van der Waals surface area contributed by atoms with Gasteiger partial charge in [0.15, 0.2) is 0 Å². The minimum absolute atomic E-state index is 0.274. The zero-order valence-corrected chi connectivity index (χ0v) is 7.43. The molecule has 1 amide bonds.